The minimum atomic E-state index is -0.165. The topological polar surface area (TPSA) is 75.1 Å². The van der Waals surface area contributed by atoms with Crippen LogP contribution in [0.1, 0.15) is 37.1 Å². The summed E-state index contributed by atoms with van der Waals surface area (Å²) in [4.78, 5) is 19.0. The fourth-order valence-electron chi connectivity index (χ4n) is 2.76. The lowest BCUT2D eigenvalue weighted by Crippen LogP contribution is -2.38. The van der Waals surface area contributed by atoms with Crippen molar-refractivity contribution < 1.29 is 4.79 Å². The van der Waals surface area contributed by atoms with E-state index in [2.05, 4.69) is 31.0 Å². The van der Waals surface area contributed by atoms with Crippen LogP contribution in [0.25, 0.3) is 0 Å². The zero-order valence-corrected chi connectivity index (χ0v) is 15.0. The zero-order valence-electron chi connectivity index (χ0n) is 14.2. The van der Waals surface area contributed by atoms with Crippen LogP contribution in [0.2, 0.25) is 0 Å². The fourth-order valence-corrected chi connectivity index (χ4v) is 3.68. The number of amides is 2. The van der Waals surface area contributed by atoms with Crippen molar-refractivity contribution >= 4 is 22.5 Å². The van der Waals surface area contributed by atoms with Gasteiger partial charge in [-0.25, -0.2) is 9.78 Å². The van der Waals surface area contributed by atoms with Crippen LogP contribution in [0, 0.1) is 0 Å². The zero-order chi connectivity index (χ0) is 16.9. The molecule has 3 heterocycles. The van der Waals surface area contributed by atoms with E-state index in [1.807, 2.05) is 20.2 Å². The summed E-state index contributed by atoms with van der Waals surface area (Å²) in [7, 11) is 1.86. The summed E-state index contributed by atoms with van der Waals surface area (Å²) >= 11 is 1.69. The third kappa shape index (κ3) is 4.25. The first-order valence-electron chi connectivity index (χ1n) is 8.34. The molecular formula is C16H24N6OS. The van der Waals surface area contributed by atoms with Crippen LogP contribution in [-0.2, 0) is 13.5 Å². The molecule has 0 radical (unpaired) electrons. The highest BCUT2D eigenvalue weighted by molar-refractivity contribution is 7.13. The molecule has 2 aromatic rings. The van der Waals surface area contributed by atoms with Gasteiger partial charge in [0.15, 0.2) is 5.13 Å². The minimum Gasteiger partial charge on any atom is -0.348 e. The molecular weight excluding hydrogens is 324 g/mol. The molecule has 0 unspecified atom stereocenters. The van der Waals surface area contributed by atoms with Crippen LogP contribution in [0.4, 0.5) is 9.93 Å². The number of hydrogen-bond donors (Lipinski definition) is 2. The van der Waals surface area contributed by atoms with E-state index in [1.165, 1.54) is 12.8 Å². The van der Waals surface area contributed by atoms with E-state index >= 15 is 0 Å². The predicted octanol–water partition coefficient (Wildman–Crippen LogP) is 2.08. The Hall–Kier alpha value is -2.09. The summed E-state index contributed by atoms with van der Waals surface area (Å²) in [6, 6.07) is -0.235. The molecule has 24 heavy (non-hydrogen) atoms. The molecule has 2 amide bonds. The van der Waals surface area contributed by atoms with Crippen LogP contribution in [0.5, 0.6) is 0 Å². The number of nitrogens with one attached hydrogen (secondary N) is 2. The summed E-state index contributed by atoms with van der Waals surface area (Å²) in [6.45, 7) is 4.74. The molecule has 1 fully saturated rings. The Balaban J connectivity index is 1.40. The van der Waals surface area contributed by atoms with Crippen LogP contribution in [-0.4, -0.2) is 40.4 Å². The van der Waals surface area contributed by atoms with E-state index in [0.29, 0.717) is 6.54 Å². The van der Waals surface area contributed by atoms with E-state index in [1.54, 1.807) is 22.2 Å². The first-order chi connectivity index (χ1) is 11.6. The monoisotopic (exact) mass is 348 g/mol. The second kappa shape index (κ2) is 7.65. The van der Waals surface area contributed by atoms with Crippen LogP contribution < -0.4 is 15.5 Å². The van der Waals surface area contributed by atoms with Gasteiger partial charge in [-0.15, -0.1) is 11.3 Å². The van der Waals surface area contributed by atoms with Crippen molar-refractivity contribution in [2.45, 2.75) is 32.2 Å². The first kappa shape index (κ1) is 16.8. The number of carbonyl (C=O) groups is 1. The number of aryl methyl sites for hydroxylation is 1. The summed E-state index contributed by atoms with van der Waals surface area (Å²) < 4.78 is 1.73. The summed E-state index contributed by atoms with van der Waals surface area (Å²) in [5, 5.41) is 13.1. The number of aromatic nitrogens is 3. The standard InChI is InChI=1S/C16H24N6OS/c1-12(13-9-18-21(2)10-13)19-15(23)17-6-5-14-11-24-16(20-14)22-7-3-4-8-22/h9-12H,3-8H2,1-2H3,(H2,17,19,23)/t12-/m0/s1. The van der Waals surface area contributed by atoms with Gasteiger partial charge in [0.25, 0.3) is 0 Å². The molecule has 130 valence electrons. The number of anilines is 1. The lowest BCUT2D eigenvalue weighted by atomic mass is 10.2. The third-order valence-electron chi connectivity index (χ3n) is 4.16. The summed E-state index contributed by atoms with van der Waals surface area (Å²) in [6.07, 6.45) is 6.93. The van der Waals surface area contributed by atoms with Gasteiger partial charge in [-0.2, -0.15) is 5.10 Å². The quantitative estimate of drug-likeness (QED) is 0.838. The Kier molecular flexibility index (Phi) is 5.34. The van der Waals surface area contributed by atoms with Crippen LogP contribution >= 0.6 is 11.3 Å². The number of nitrogens with zero attached hydrogens (tertiary/aromatic N) is 4. The lowest BCUT2D eigenvalue weighted by Gasteiger charge is -2.13. The Bertz CT molecular complexity index is 676. The van der Waals surface area contributed by atoms with Gasteiger partial charge in [-0.3, -0.25) is 4.68 Å². The maximum Gasteiger partial charge on any atom is 0.315 e. The second-order valence-corrected chi connectivity index (χ2v) is 6.97. The number of urea groups is 1. The molecule has 0 aliphatic carbocycles. The largest absolute Gasteiger partial charge is 0.348 e. The van der Waals surface area contributed by atoms with Gasteiger partial charge < -0.3 is 15.5 Å². The smallest absolute Gasteiger partial charge is 0.315 e. The highest BCUT2D eigenvalue weighted by Crippen LogP contribution is 2.24. The fraction of sp³-hybridized carbons (Fsp3) is 0.562. The molecule has 1 saturated heterocycles. The van der Waals surface area contributed by atoms with Crippen molar-refractivity contribution in [1.82, 2.24) is 25.4 Å². The Labute approximate surface area is 146 Å². The second-order valence-electron chi connectivity index (χ2n) is 6.13. The normalized spacial score (nSPS) is 15.5. The van der Waals surface area contributed by atoms with Crippen molar-refractivity contribution in [2.24, 2.45) is 7.05 Å². The Morgan fingerprint density at radius 3 is 2.92 bits per heavy atom. The van der Waals surface area contributed by atoms with Gasteiger partial charge >= 0.3 is 6.03 Å². The number of rotatable bonds is 6. The van der Waals surface area contributed by atoms with Gasteiger partial charge in [0.2, 0.25) is 0 Å². The molecule has 8 heteroatoms. The SMILES string of the molecule is C[C@H](NC(=O)NCCc1csc(N2CCCC2)n1)c1cnn(C)c1. The molecule has 0 aromatic carbocycles. The lowest BCUT2D eigenvalue weighted by molar-refractivity contribution is 0.238. The van der Waals surface area contributed by atoms with Gasteiger partial charge in [0, 0.05) is 50.2 Å². The van der Waals surface area contributed by atoms with Gasteiger partial charge in [0.1, 0.15) is 0 Å². The molecule has 2 aromatic heterocycles. The number of hydrogen-bond acceptors (Lipinski definition) is 5. The highest BCUT2D eigenvalue weighted by Gasteiger charge is 2.15. The third-order valence-corrected chi connectivity index (χ3v) is 5.11. The van der Waals surface area contributed by atoms with Gasteiger partial charge in [-0.1, -0.05) is 0 Å². The molecule has 7 nitrogen and oxygen atoms in total. The van der Waals surface area contributed by atoms with Crippen molar-refractivity contribution in [1.29, 1.82) is 0 Å². The molecule has 0 saturated carbocycles. The van der Waals surface area contributed by atoms with E-state index in [-0.39, 0.29) is 12.1 Å². The van der Waals surface area contributed by atoms with E-state index in [9.17, 15) is 4.79 Å². The maximum atomic E-state index is 12.0. The summed E-state index contributed by atoms with van der Waals surface area (Å²) in [5.41, 5.74) is 2.03. The van der Waals surface area contributed by atoms with Crippen molar-refractivity contribution in [2.75, 3.05) is 24.5 Å². The highest BCUT2D eigenvalue weighted by atomic mass is 32.1. The average Bonchev–Trinajstić information content (AvgIpc) is 3.27. The molecule has 3 rings (SSSR count). The molecule has 1 aliphatic rings. The van der Waals surface area contributed by atoms with Crippen molar-refractivity contribution in [3.63, 3.8) is 0 Å². The van der Waals surface area contributed by atoms with Crippen LogP contribution in [0.15, 0.2) is 17.8 Å². The van der Waals surface area contributed by atoms with E-state index < -0.39 is 0 Å². The first-order valence-corrected chi connectivity index (χ1v) is 9.22. The van der Waals surface area contributed by atoms with Gasteiger partial charge in [0.05, 0.1) is 17.9 Å². The Morgan fingerprint density at radius 1 is 1.42 bits per heavy atom. The Morgan fingerprint density at radius 2 is 2.21 bits per heavy atom. The molecule has 1 atom stereocenters. The predicted molar refractivity (Wildman–Crippen MR) is 95.4 cm³/mol. The molecule has 0 spiro atoms. The van der Waals surface area contributed by atoms with Crippen LogP contribution in [0.3, 0.4) is 0 Å². The average molecular weight is 348 g/mol. The summed E-state index contributed by atoms with van der Waals surface area (Å²) in [5.74, 6) is 0. The van der Waals surface area contributed by atoms with E-state index in [4.69, 9.17) is 0 Å². The minimum absolute atomic E-state index is 0.0697. The molecule has 1 aliphatic heterocycles. The number of thiazole rings is 1. The number of carbonyl (C=O) groups excluding carboxylic acids is 1. The van der Waals surface area contributed by atoms with Gasteiger partial charge in [-0.05, 0) is 19.8 Å². The van der Waals surface area contributed by atoms with Crippen molar-refractivity contribution in [3.8, 4) is 0 Å². The molecule has 2 N–H and O–H groups in total. The maximum absolute atomic E-state index is 12.0. The van der Waals surface area contributed by atoms with E-state index in [0.717, 1.165) is 35.9 Å². The molecule has 0 bridgehead atoms. The van der Waals surface area contributed by atoms with Crippen molar-refractivity contribution in [3.05, 3.63) is 29.0 Å².